The van der Waals surface area contributed by atoms with Gasteiger partial charge in [-0.3, -0.25) is 0 Å². The highest BCUT2D eigenvalue weighted by Gasteiger charge is 2.10. The summed E-state index contributed by atoms with van der Waals surface area (Å²) in [5.74, 6) is 0.280. The maximum absolute atomic E-state index is 13.0. The van der Waals surface area contributed by atoms with Gasteiger partial charge in [-0.1, -0.05) is 0 Å². The number of furan rings is 1. The van der Waals surface area contributed by atoms with Gasteiger partial charge in [-0.25, -0.2) is 9.37 Å². The molecule has 2 heterocycles. The van der Waals surface area contributed by atoms with E-state index in [0.29, 0.717) is 26.7 Å². The lowest BCUT2D eigenvalue weighted by atomic mass is 10.2. The molecule has 6 heteroatoms. The van der Waals surface area contributed by atoms with E-state index < -0.39 is 0 Å². The number of hydrogen-bond acceptors (Lipinski definition) is 4. The summed E-state index contributed by atoms with van der Waals surface area (Å²) in [6, 6.07) is 11.7. The van der Waals surface area contributed by atoms with E-state index in [1.54, 1.807) is 30.3 Å². The summed E-state index contributed by atoms with van der Waals surface area (Å²) in [5, 5.41) is 11.7. The molecule has 0 amide bonds. The molecule has 0 atom stereocenters. The second-order valence-electron chi connectivity index (χ2n) is 4.36. The van der Waals surface area contributed by atoms with Gasteiger partial charge in [-0.05, 0) is 52.3 Å². The van der Waals surface area contributed by atoms with E-state index in [9.17, 15) is 9.65 Å². The molecule has 0 unspecified atom stereocenters. The first-order valence-corrected chi connectivity index (χ1v) is 7.92. The van der Waals surface area contributed by atoms with Crippen molar-refractivity contribution in [2.24, 2.45) is 0 Å². The molecule has 0 bridgehead atoms. The van der Waals surface area contributed by atoms with Crippen LogP contribution in [0.4, 0.5) is 4.39 Å². The minimum absolute atomic E-state index is 0.291. The van der Waals surface area contributed by atoms with Gasteiger partial charge in [0, 0.05) is 17.0 Å². The van der Waals surface area contributed by atoms with Crippen molar-refractivity contribution in [1.29, 1.82) is 5.26 Å². The predicted octanol–water partition coefficient (Wildman–Crippen LogP) is 5.37. The first kappa shape index (κ1) is 14.7. The number of aromatic nitrogens is 1. The second-order valence-corrected chi connectivity index (χ2v) is 6.00. The summed E-state index contributed by atoms with van der Waals surface area (Å²) >= 11 is 4.58. The Morgan fingerprint density at radius 2 is 2.05 bits per heavy atom. The fourth-order valence-corrected chi connectivity index (χ4v) is 2.95. The third kappa shape index (κ3) is 3.16. The molecule has 22 heavy (non-hydrogen) atoms. The minimum atomic E-state index is -0.291. The van der Waals surface area contributed by atoms with E-state index in [4.69, 9.17) is 4.42 Å². The van der Waals surface area contributed by atoms with Crippen LogP contribution in [0.3, 0.4) is 0 Å². The zero-order chi connectivity index (χ0) is 15.5. The van der Waals surface area contributed by atoms with Gasteiger partial charge >= 0.3 is 0 Å². The molecule has 0 saturated heterocycles. The summed E-state index contributed by atoms with van der Waals surface area (Å²) < 4.78 is 18.9. The Hall–Kier alpha value is -2.23. The van der Waals surface area contributed by atoms with E-state index in [-0.39, 0.29) is 5.82 Å². The van der Waals surface area contributed by atoms with Crippen LogP contribution in [0, 0.1) is 17.1 Å². The zero-order valence-electron chi connectivity index (χ0n) is 11.1. The van der Waals surface area contributed by atoms with Crippen molar-refractivity contribution in [3.8, 4) is 17.3 Å². The molecule has 0 radical (unpaired) electrons. The topological polar surface area (TPSA) is 49.8 Å². The van der Waals surface area contributed by atoms with Crippen molar-refractivity contribution in [3.05, 3.63) is 63.0 Å². The maximum atomic E-state index is 13.0. The highest BCUT2D eigenvalue weighted by molar-refractivity contribution is 9.10. The molecule has 0 saturated carbocycles. The van der Waals surface area contributed by atoms with Crippen LogP contribution < -0.4 is 0 Å². The molecule has 1 aromatic carbocycles. The number of rotatable bonds is 3. The van der Waals surface area contributed by atoms with Crippen LogP contribution in [0.1, 0.15) is 10.8 Å². The largest absolute Gasteiger partial charge is 0.450 e. The Morgan fingerprint density at radius 1 is 1.27 bits per heavy atom. The standard InChI is InChI=1S/C16H8BrFN2OS/c17-15-6-5-13(21-15)7-11(8-19)16-20-14(9-22-16)10-1-3-12(18)4-2-10/h1-7,9H/b11-7-. The molecular weight excluding hydrogens is 367 g/mol. The quantitative estimate of drug-likeness (QED) is 0.579. The fraction of sp³-hybridized carbons (Fsp3) is 0. The highest BCUT2D eigenvalue weighted by Crippen LogP contribution is 2.28. The van der Waals surface area contributed by atoms with Gasteiger partial charge in [0.15, 0.2) is 4.67 Å². The van der Waals surface area contributed by atoms with Gasteiger partial charge in [0.1, 0.15) is 22.7 Å². The molecule has 0 aliphatic rings. The number of hydrogen-bond donors (Lipinski definition) is 0. The van der Waals surface area contributed by atoms with Gasteiger partial charge in [0.05, 0.1) is 11.3 Å². The van der Waals surface area contributed by atoms with Crippen LogP contribution in [0.25, 0.3) is 22.9 Å². The average molecular weight is 375 g/mol. The summed E-state index contributed by atoms with van der Waals surface area (Å²) in [4.78, 5) is 4.44. The zero-order valence-corrected chi connectivity index (χ0v) is 13.5. The summed E-state index contributed by atoms with van der Waals surface area (Å²) in [6.07, 6.45) is 1.64. The van der Waals surface area contributed by atoms with Crippen molar-refractivity contribution < 1.29 is 8.81 Å². The number of thiazole rings is 1. The lowest BCUT2D eigenvalue weighted by Gasteiger charge is -1.96. The van der Waals surface area contributed by atoms with E-state index >= 15 is 0 Å². The SMILES string of the molecule is N#C/C(=C/c1ccc(Br)o1)c1nc(-c2ccc(F)cc2)cs1. The van der Waals surface area contributed by atoms with E-state index in [2.05, 4.69) is 27.0 Å². The molecule has 3 rings (SSSR count). The molecule has 3 aromatic rings. The second kappa shape index (κ2) is 6.26. The fourth-order valence-electron chi connectivity index (χ4n) is 1.84. The monoisotopic (exact) mass is 374 g/mol. The van der Waals surface area contributed by atoms with Crippen molar-refractivity contribution in [3.63, 3.8) is 0 Å². The molecule has 3 nitrogen and oxygen atoms in total. The molecular formula is C16H8BrFN2OS. The Balaban J connectivity index is 1.93. The van der Waals surface area contributed by atoms with Crippen LogP contribution in [0.5, 0.6) is 0 Å². The van der Waals surface area contributed by atoms with Crippen LogP contribution >= 0.6 is 27.3 Å². The smallest absolute Gasteiger partial charge is 0.169 e. The van der Waals surface area contributed by atoms with Gasteiger partial charge in [0.2, 0.25) is 0 Å². The van der Waals surface area contributed by atoms with E-state index in [1.807, 2.05) is 5.38 Å². The summed E-state index contributed by atoms with van der Waals surface area (Å²) in [7, 11) is 0. The first-order chi connectivity index (χ1) is 10.7. The lowest BCUT2D eigenvalue weighted by Crippen LogP contribution is -1.83. The lowest BCUT2D eigenvalue weighted by molar-refractivity contribution is 0.532. The number of nitrogens with zero attached hydrogens (tertiary/aromatic N) is 2. The van der Waals surface area contributed by atoms with Crippen molar-refractivity contribution in [2.45, 2.75) is 0 Å². The van der Waals surface area contributed by atoms with Crippen LogP contribution in [-0.4, -0.2) is 4.98 Å². The van der Waals surface area contributed by atoms with Gasteiger partial charge in [-0.2, -0.15) is 5.26 Å². The number of allylic oxidation sites excluding steroid dienone is 1. The molecule has 0 aliphatic heterocycles. The van der Waals surface area contributed by atoms with E-state index in [1.165, 1.54) is 23.5 Å². The van der Waals surface area contributed by atoms with Gasteiger partial charge in [0.25, 0.3) is 0 Å². The molecule has 0 fully saturated rings. The third-order valence-electron chi connectivity index (χ3n) is 2.88. The van der Waals surface area contributed by atoms with E-state index in [0.717, 1.165) is 5.56 Å². The van der Waals surface area contributed by atoms with Crippen molar-refractivity contribution in [2.75, 3.05) is 0 Å². The predicted molar refractivity (Wildman–Crippen MR) is 87.4 cm³/mol. The Kier molecular flexibility index (Phi) is 4.18. The van der Waals surface area contributed by atoms with Crippen molar-refractivity contribution in [1.82, 2.24) is 4.98 Å². The number of halogens is 2. The highest BCUT2D eigenvalue weighted by atomic mass is 79.9. The Bertz CT molecular complexity index is 874. The Morgan fingerprint density at radius 3 is 2.68 bits per heavy atom. The maximum Gasteiger partial charge on any atom is 0.169 e. The molecule has 0 spiro atoms. The molecule has 108 valence electrons. The Labute approximate surface area is 138 Å². The minimum Gasteiger partial charge on any atom is -0.450 e. The normalized spacial score (nSPS) is 11.4. The summed E-state index contributed by atoms with van der Waals surface area (Å²) in [5.41, 5.74) is 1.93. The molecule has 0 N–H and O–H groups in total. The van der Waals surface area contributed by atoms with Gasteiger partial charge < -0.3 is 4.42 Å². The average Bonchev–Trinajstić information content (AvgIpc) is 3.15. The molecule has 0 aliphatic carbocycles. The van der Waals surface area contributed by atoms with Crippen LogP contribution in [0.2, 0.25) is 0 Å². The first-order valence-electron chi connectivity index (χ1n) is 6.24. The van der Waals surface area contributed by atoms with Crippen LogP contribution in [0.15, 0.2) is 50.9 Å². The third-order valence-corrected chi connectivity index (χ3v) is 4.18. The summed E-state index contributed by atoms with van der Waals surface area (Å²) in [6.45, 7) is 0. The van der Waals surface area contributed by atoms with Crippen molar-refractivity contribution >= 4 is 38.9 Å². The van der Waals surface area contributed by atoms with Crippen LogP contribution in [-0.2, 0) is 0 Å². The number of benzene rings is 1. The molecule has 2 aromatic heterocycles. The van der Waals surface area contributed by atoms with Gasteiger partial charge in [-0.15, -0.1) is 11.3 Å². The number of nitriles is 1.